The quantitative estimate of drug-likeness (QED) is 0.850. The fourth-order valence-corrected chi connectivity index (χ4v) is 4.33. The Morgan fingerprint density at radius 2 is 1.58 bits per heavy atom. The van der Waals surface area contributed by atoms with E-state index in [1.54, 1.807) is 24.5 Å². The second-order valence-corrected chi connectivity index (χ2v) is 7.96. The number of hydrogen-bond donors (Lipinski definition) is 0. The molecule has 1 aliphatic heterocycles. The number of carbonyl (C=O) groups excluding carboxylic acids is 1. The van der Waals surface area contributed by atoms with Gasteiger partial charge in [-0.1, -0.05) is 26.0 Å². The molecule has 1 aromatic carbocycles. The van der Waals surface area contributed by atoms with Crippen molar-refractivity contribution >= 4 is 11.6 Å². The lowest BCUT2D eigenvalue weighted by Gasteiger charge is -2.38. The smallest absolute Gasteiger partial charge is 0.233 e. The van der Waals surface area contributed by atoms with Crippen molar-refractivity contribution in [3.05, 3.63) is 60.2 Å². The zero-order valence-corrected chi connectivity index (χ0v) is 15.3. The first-order chi connectivity index (χ1) is 12.4. The molecular weight excluding hydrogens is 329 g/mol. The molecule has 5 heteroatoms. The first kappa shape index (κ1) is 17.0. The summed E-state index contributed by atoms with van der Waals surface area (Å²) in [4.78, 5) is 21.8. The number of piperazine rings is 1. The molecule has 2 aromatic rings. The average Bonchev–Trinajstić information content (AvgIpc) is 3.26. The van der Waals surface area contributed by atoms with Crippen LogP contribution < -0.4 is 4.90 Å². The molecule has 4 rings (SSSR count). The Labute approximate surface area is 153 Å². The summed E-state index contributed by atoms with van der Waals surface area (Å²) in [7, 11) is 0. The van der Waals surface area contributed by atoms with Gasteiger partial charge in [0, 0.05) is 44.3 Å². The summed E-state index contributed by atoms with van der Waals surface area (Å²) in [6.45, 7) is 7.30. The average molecular weight is 353 g/mol. The third-order valence-corrected chi connectivity index (χ3v) is 6.03. The van der Waals surface area contributed by atoms with Crippen LogP contribution in [0.15, 0.2) is 48.8 Å². The topological polar surface area (TPSA) is 36.4 Å². The zero-order valence-electron chi connectivity index (χ0n) is 15.3. The molecular formula is C21H24FN3O. The first-order valence-corrected chi connectivity index (χ1v) is 9.14. The lowest BCUT2D eigenvalue weighted by Crippen LogP contribution is -2.52. The van der Waals surface area contributed by atoms with Crippen molar-refractivity contribution in [2.75, 3.05) is 31.1 Å². The summed E-state index contributed by atoms with van der Waals surface area (Å²) in [5.74, 6) is -0.0794. The highest BCUT2D eigenvalue weighted by molar-refractivity contribution is 5.93. The van der Waals surface area contributed by atoms with E-state index in [0.717, 1.165) is 30.8 Å². The Bertz CT molecular complexity index is 798. The van der Waals surface area contributed by atoms with E-state index < -0.39 is 5.41 Å². The second-order valence-electron chi connectivity index (χ2n) is 7.96. The number of rotatable bonds is 3. The minimum absolute atomic E-state index is 0.0931. The maximum absolute atomic E-state index is 13.4. The van der Waals surface area contributed by atoms with Crippen LogP contribution in [0.5, 0.6) is 0 Å². The number of hydrogen-bond acceptors (Lipinski definition) is 3. The van der Waals surface area contributed by atoms with E-state index in [0.29, 0.717) is 13.1 Å². The number of nitrogens with zero attached hydrogens (tertiary/aromatic N) is 3. The molecule has 26 heavy (non-hydrogen) atoms. The van der Waals surface area contributed by atoms with Crippen LogP contribution in [0.2, 0.25) is 0 Å². The largest absolute Gasteiger partial charge is 0.368 e. The van der Waals surface area contributed by atoms with Gasteiger partial charge in [0.15, 0.2) is 0 Å². The van der Waals surface area contributed by atoms with Gasteiger partial charge in [-0.15, -0.1) is 0 Å². The van der Waals surface area contributed by atoms with E-state index in [1.807, 2.05) is 17.0 Å². The Hall–Kier alpha value is -2.43. The minimum Gasteiger partial charge on any atom is -0.368 e. The van der Waals surface area contributed by atoms with Crippen LogP contribution in [0.25, 0.3) is 0 Å². The molecule has 2 fully saturated rings. The van der Waals surface area contributed by atoms with Crippen LogP contribution in [0.3, 0.4) is 0 Å². The maximum Gasteiger partial charge on any atom is 0.233 e. The molecule has 0 radical (unpaired) electrons. The van der Waals surface area contributed by atoms with Gasteiger partial charge in [0.05, 0.1) is 5.41 Å². The number of amides is 1. The summed E-state index contributed by atoms with van der Waals surface area (Å²) < 4.78 is 13.3. The highest BCUT2D eigenvalue weighted by atomic mass is 19.1. The Balaban J connectivity index is 1.51. The molecule has 0 bridgehead atoms. The number of aromatic nitrogens is 1. The highest BCUT2D eigenvalue weighted by Crippen LogP contribution is 2.65. The number of anilines is 1. The maximum atomic E-state index is 13.4. The van der Waals surface area contributed by atoms with Crippen LogP contribution in [0.1, 0.15) is 25.8 Å². The predicted molar refractivity (Wildman–Crippen MR) is 99.5 cm³/mol. The fourth-order valence-electron chi connectivity index (χ4n) is 4.33. The molecule has 4 nitrogen and oxygen atoms in total. The molecule has 1 amide bonds. The molecule has 2 heterocycles. The van der Waals surface area contributed by atoms with Crippen molar-refractivity contribution in [1.29, 1.82) is 0 Å². The van der Waals surface area contributed by atoms with Crippen LogP contribution in [-0.2, 0) is 10.2 Å². The van der Waals surface area contributed by atoms with Gasteiger partial charge in [-0.05, 0) is 41.7 Å². The Morgan fingerprint density at radius 3 is 2.12 bits per heavy atom. The highest BCUT2D eigenvalue weighted by Gasteiger charge is 2.68. The predicted octanol–water partition coefficient (Wildman–Crippen LogP) is 3.24. The van der Waals surface area contributed by atoms with E-state index in [9.17, 15) is 9.18 Å². The van der Waals surface area contributed by atoms with Gasteiger partial charge in [0.25, 0.3) is 0 Å². The third kappa shape index (κ3) is 2.66. The third-order valence-electron chi connectivity index (χ3n) is 6.03. The minimum atomic E-state index is -0.514. The lowest BCUT2D eigenvalue weighted by atomic mass is 9.86. The molecule has 2 aliphatic rings. The summed E-state index contributed by atoms with van der Waals surface area (Å²) in [5, 5.41) is 0. The van der Waals surface area contributed by atoms with Crippen LogP contribution in [0.4, 0.5) is 10.1 Å². The molecule has 1 aromatic heterocycles. The van der Waals surface area contributed by atoms with Crippen molar-refractivity contribution < 1.29 is 9.18 Å². The van der Waals surface area contributed by atoms with Crippen molar-refractivity contribution in [3.8, 4) is 0 Å². The van der Waals surface area contributed by atoms with Crippen molar-refractivity contribution in [2.24, 2.45) is 5.41 Å². The van der Waals surface area contributed by atoms with Gasteiger partial charge >= 0.3 is 0 Å². The van der Waals surface area contributed by atoms with Gasteiger partial charge in [0.2, 0.25) is 5.91 Å². The van der Waals surface area contributed by atoms with E-state index >= 15 is 0 Å². The van der Waals surface area contributed by atoms with Crippen LogP contribution in [0, 0.1) is 11.2 Å². The summed E-state index contributed by atoms with van der Waals surface area (Å²) >= 11 is 0. The van der Waals surface area contributed by atoms with E-state index in [-0.39, 0.29) is 17.1 Å². The Morgan fingerprint density at radius 1 is 1.00 bits per heavy atom. The SMILES string of the molecule is CC1(C)C[C@]1(C(=O)N1CCN(c2ccncc2)CC1)c1ccc(F)cc1. The molecule has 1 atom stereocenters. The molecule has 1 saturated heterocycles. The zero-order chi connectivity index (χ0) is 18.4. The standard InChI is InChI=1S/C21H24FN3O/c1-20(2)15-21(20,16-3-5-17(22)6-4-16)19(26)25-13-11-24(12-14-25)18-7-9-23-10-8-18/h3-10H,11-15H2,1-2H3/t21-/m1/s1. The summed E-state index contributed by atoms with van der Waals surface area (Å²) in [6.07, 6.45) is 4.40. The molecule has 136 valence electrons. The summed E-state index contributed by atoms with van der Waals surface area (Å²) in [6, 6.07) is 10.5. The van der Waals surface area contributed by atoms with Gasteiger partial charge < -0.3 is 9.80 Å². The van der Waals surface area contributed by atoms with E-state index in [4.69, 9.17) is 0 Å². The molecule has 1 aliphatic carbocycles. The molecule has 0 unspecified atom stereocenters. The first-order valence-electron chi connectivity index (χ1n) is 9.14. The molecule has 0 spiro atoms. The molecule has 0 N–H and O–H groups in total. The molecule has 1 saturated carbocycles. The van der Waals surface area contributed by atoms with Crippen molar-refractivity contribution in [2.45, 2.75) is 25.7 Å². The van der Waals surface area contributed by atoms with Gasteiger partial charge in [-0.25, -0.2) is 4.39 Å². The van der Waals surface area contributed by atoms with Crippen molar-refractivity contribution in [3.63, 3.8) is 0 Å². The van der Waals surface area contributed by atoms with Crippen molar-refractivity contribution in [1.82, 2.24) is 9.88 Å². The second kappa shape index (κ2) is 6.08. The lowest BCUT2D eigenvalue weighted by molar-refractivity contribution is -0.135. The van der Waals surface area contributed by atoms with Gasteiger partial charge in [0.1, 0.15) is 5.82 Å². The number of halogens is 1. The van der Waals surface area contributed by atoms with E-state index in [2.05, 4.69) is 23.7 Å². The van der Waals surface area contributed by atoms with Gasteiger partial charge in [-0.2, -0.15) is 0 Å². The Kier molecular flexibility index (Phi) is 3.98. The fraction of sp³-hybridized carbons (Fsp3) is 0.429. The van der Waals surface area contributed by atoms with Crippen LogP contribution in [-0.4, -0.2) is 42.0 Å². The number of carbonyl (C=O) groups is 1. The normalized spacial score (nSPS) is 24.4. The monoisotopic (exact) mass is 353 g/mol. The van der Waals surface area contributed by atoms with Crippen LogP contribution >= 0.6 is 0 Å². The van der Waals surface area contributed by atoms with E-state index in [1.165, 1.54) is 12.1 Å². The summed E-state index contributed by atoms with van der Waals surface area (Å²) in [5.41, 5.74) is 1.47. The number of pyridine rings is 1. The van der Waals surface area contributed by atoms with Gasteiger partial charge in [-0.3, -0.25) is 9.78 Å². The number of benzene rings is 1.